The Morgan fingerprint density at radius 1 is 1.00 bits per heavy atom. The second-order valence-electron chi connectivity index (χ2n) is 4.53. The summed E-state index contributed by atoms with van der Waals surface area (Å²) < 4.78 is 4.82. The van der Waals surface area contributed by atoms with Gasteiger partial charge in [-0.1, -0.05) is 32.6 Å². The molecule has 0 bridgehead atoms. The van der Waals surface area contributed by atoms with Crippen LogP contribution in [0.4, 0.5) is 0 Å². The molecule has 0 rings (SSSR count). The number of hydrogen-bond donors (Lipinski definition) is 0. The average Bonchev–Trinajstić information content (AvgIpc) is 2.35. The summed E-state index contributed by atoms with van der Waals surface area (Å²) in [6.07, 6.45) is 6.60. The second-order valence-corrected chi connectivity index (χ2v) is 4.53. The number of carbonyl (C=O) groups is 2. The van der Waals surface area contributed by atoms with Crippen LogP contribution in [0.5, 0.6) is 0 Å². The Kier molecular flexibility index (Phi) is 10.4. The molecule has 0 saturated heterocycles. The van der Waals surface area contributed by atoms with Gasteiger partial charge in [0.1, 0.15) is 0 Å². The number of rotatable bonds is 10. The van der Waals surface area contributed by atoms with E-state index in [0.29, 0.717) is 19.6 Å². The molecule has 0 radical (unpaired) electrons. The molecule has 0 aliphatic rings. The van der Waals surface area contributed by atoms with Gasteiger partial charge in [-0.05, 0) is 13.3 Å². The first-order valence-electron chi connectivity index (χ1n) is 7.01. The van der Waals surface area contributed by atoms with Gasteiger partial charge in [-0.3, -0.25) is 9.59 Å². The fourth-order valence-corrected chi connectivity index (χ4v) is 1.69. The first-order chi connectivity index (χ1) is 8.61. The summed E-state index contributed by atoms with van der Waals surface area (Å²) in [4.78, 5) is 24.5. The molecule has 0 fully saturated rings. The van der Waals surface area contributed by atoms with E-state index in [-0.39, 0.29) is 18.3 Å². The monoisotopic (exact) mass is 257 g/mol. The molecule has 0 atom stereocenters. The van der Waals surface area contributed by atoms with E-state index >= 15 is 0 Å². The molecule has 1 amide bonds. The zero-order valence-electron chi connectivity index (χ0n) is 12.0. The maximum absolute atomic E-state index is 11.7. The molecule has 4 nitrogen and oxygen atoms in total. The first-order valence-corrected chi connectivity index (χ1v) is 7.01. The van der Waals surface area contributed by atoms with Gasteiger partial charge in [-0.2, -0.15) is 0 Å². The van der Waals surface area contributed by atoms with Crippen molar-refractivity contribution < 1.29 is 14.3 Å². The third-order valence-electron chi connectivity index (χ3n) is 2.88. The van der Waals surface area contributed by atoms with Crippen molar-refractivity contribution in [3.8, 4) is 0 Å². The Bertz CT molecular complexity index is 241. The molecule has 0 spiro atoms. The van der Waals surface area contributed by atoms with Crippen LogP contribution in [0.1, 0.15) is 58.8 Å². The molecular weight excluding hydrogens is 230 g/mol. The number of ether oxygens (including phenoxy) is 1. The lowest BCUT2D eigenvalue weighted by Gasteiger charge is -2.16. The van der Waals surface area contributed by atoms with Crippen molar-refractivity contribution in [2.75, 3.05) is 20.2 Å². The van der Waals surface area contributed by atoms with E-state index in [0.717, 1.165) is 12.8 Å². The molecule has 0 aliphatic heterocycles. The van der Waals surface area contributed by atoms with Gasteiger partial charge >= 0.3 is 5.97 Å². The summed E-state index contributed by atoms with van der Waals surface area (Å²) in [5.74, 6) is -0.115. The summed E-state index contributed by atoms with van der Waals surface area (Å²) >= 11 is 0. The van der Waals surface area contributed by atoms with Crippen molar-refractivity contribution >= 4 is 11.9 Å². The number of esters is 1. The predicted octanol–water partition coefficient (Wildman–Crippen LogP) is 2.76. The smallest absolute Gasteiger partial charge is 0.307 e. The molecule has 4 heteroatoms. The van der Waals surface area contributed by atoms with E-state index in [1.165, 1.54) is 19.3 Å². The Morgan fingerprint density at radius 3 is 2.28 bits per heavy atom. The van der Waals surface area contributed by atoms with E-state index in [2.05, 4.69) is 6.92 Å². The highest BCUT2D eigenvalue weighted by molar-refractivity contribution is 5.76. The highest BCUT2D eigenvalue weighted by atomic mass is 16.5. The van der Waals surface area contributed by atoms with Gasteiger partial charge in [0.25, 0.3) is 0 Å². The third-order valence-corrected chi connectivity index (χ3v) is 2.88. The van der Waals surface area contributed by atoms with Gasteiger partial charge in [0.15, 0.2) is 0 Å². The largest absolute Gasteiger partial charge is 0.466 e. The lowest BCUT2D eigenvalue weighted by atomic mass is 10.1. The van der Waals surface area contributed by atoms with E-state index in [4.69, 9.17) is 4.74 Å². The number of nitrogens with zero attached hydrogens (tertiary/aromatic N) is 1. The van der Waals surface area contributed by atoms with Crippen LogP contribution >= 0.6 is 0 Å². The molecule has 18 heavy (non-hydrogen) atoms. The van der Waals surface area contributed by atoms with E-state index < -0.39 is 0 Å². The van der Waals surface area contributed by atoms with Gasteiger partial charge in [-0.15, -0.1) is 0 Å². The summed E-state index contributed by atoms with van der Waals surface area (Å²) in [6.45, 7) is 4.80. The minimum atomic E-state index is -0.236. The first kappa shape index (κ1) is 16.9. The van der Waals surface area contributed by atoms with Crippen LogP contribution in [0.25, 0.3) is 0 Å². The van der Waals surface area contributed by atoms with Crippen molar-refractivity contribution in [3.63, 3.8) is 0 Å². The molecule has 0 aliphatic carbocycles. The Labute approximate surface area is 111 Å². The maximum Gasteiger partial charge on any atom is 0.307 e. The van der Waals surface area contributed by atoms with Crippen LogP contribution in [0, 0.1) is 0 Å². The SMILES string of the molecule is CCCCCCCC(=O)N(C)CCC(=O)OCC. The summed E-state index contributed by atoms with van der Waals surface area (Å²) in [5.41, 5.74) is 0. The lowest BCUT2D eigenvalue weighted by Crippen LogP contribution is -2.29. The van der Waals surface area contributed by atoms with Crippen molar-refractivity contribution in [1.29, 1.82) is 0 Å². The third kappa shape index (κ3) is 9.02. The number of amides is 1. The zero-order valence-corrected chi connectivity index (χ0v) is 12.0. The standard InChI is InChI=1S/C14H27NO3/c1-4-6-7-8-9-10-13(16)15(3)12-11-14(17)18-5-2/h4-12H2,1-3H3. The summed E-state index contributed by atoms with van der Waals surface area (Å²) in [6, 6.07) is 0. The Balaban J connectivity index is 3.60. The maximum atomic E-state index is 11.7. The zero-order chi connectivity index (χ0) is 13.8. The molecular formula is C14H27NO3. The molecule has 0 aromatic rings. The Morgan fingerprint density at radius 2 is 1.67 bits per heavy atom. The van der Waals surface area contributed by atoms with Crippen LogP contribution in [-0.2, 0) is 14.3 Å². The molecule has 0 saturated carbocycles. The van der Waals surface area contributed by atoms with Crippen LogP contribution in [-0.4, -0.2) is 37.0 Å². The van der Waals surface area contributed by atoms with Crippen molar-refractivity contribution in [1.82, 2.24) is 4.90 Å². The summed E-state index contributed by atoms with van der Waals surface area (Å²) in [7, 11) is 1.74. The predicted molar refractivity (Wildman–Crippen MR) is 72.3 cm³/mol. The van der Waals surface area contributed by atoms with Gasteiger partial charge in [0, 0.05) is 20.0 Å². The molecule has 0 N–H and O–H groups in total. The van der Waals surface area contributed by atoms with Gasteiger partial charge < -0.3 is 9.64 Å². The molecule has 0 unspecified atom stereocenters. The highest BCUT2D eigenvalue weighted by Crippen LogP contribution is 2.06. The fourth-order valence-electron chi connectivity index (χ4n) is 1.69. The van der Waals surface area contributed by atoms with E-state index in [9.17, 15) is 9.59 Å². The average molecular weight is 257 g/mol. The lowest BCUT2D eigenvalue weighted by molar-refractivity contribution is -0.143. The van der Waals surface area contributed by atoms with Crippen LogP contribution in [0.3, 0.4) is 0 Å². The molecule has 0 aromatic carbocycles. The molecule has 106 valence electrons. The van der Waals surface area contributed by atoms with Gasteiger partial charge in [0.05, 0.1) is 13.0 Å². The minimum Gasteiger partial charge on any atom is -0.466 e. The number of unbranched alkanes of at least 4 members (excludes halogenated alkanes) is 4. The number of hydrogen-bond acceptors (Lipinski definition) is 3. The van der Waals surface area contributed by atoms with Crippen LogP contribution in [0.2, 0.25) is 0 Å². The highest BCUT2D eigenvalue weighted by Gasteiger charge is 2.10. The Hall–Kier alpha value is -1.06. The van der Waals surface area contributed by atoms with Crippen molar-refractivity contribution in [2.45, 2.75) is 58.8 Å². The number of carbonyl (C=O) groups excluding carboxylic acids is 2. The molecule has 0 heterocycles. The molecule has 0 aromatic heterocycles. The van der Waals surface area contributed by atoms with Crippen molar-refractivity contribution in [2.24, 2.45) is 0 Å². The van der Waals surface area contributed by atoms with Crippen LogP contribution < -0.4 is 0 Å². The van der Waals surface area contributed by atoms with E-state index in [1.54, 1.807) is 18.9 Å². The second kappa shape index (κ2) is 11.1. The van der Waals surface area contributed by atoms with Gasteiger partial charge in [-0.25, -0.2) is 0 Å². The van der Waals surface area contributed by atoms with Crippen molar-refractivity contribution in [3.05, 3.63) is 0 Å². The topological polar surface area (TPSA) is 46.6 Å². The normalized spacial score (nSPS) is 10.2. The minimum absolute atomic E-state index is 0.121. The van der Waals surface area contributed by atoms with Gasteiger partial charge in [0.2, 0.25) is 5.91 Å². The summed E-state index contributed by atoms with van der Waals surface area (Å²) in [5, 5.41) is 0. The fraction of sp³-hybridized carbons (Fsp3) is 0.857. The van der Waals surface area contributed by atoms with E-state index in [1.807, 2.05) is 0 Å². The quantitative estimate of drug-likeness (QED) is 0.446. The van der Waals surface area contributed by atoms with Crippen LogP contribution in [0.15, 0.2) is 0 Å².